The summed E-state index contributed by atoms with van der Waals surface area (Å²) in [4.78, 5) is 23.9. The van der Waals surface area contributed by atoms with Gasteiger partial charge in [0.2, 0.25) is 0 Å². The first kappa shape index (κ1) is 22.9. The summed E-state index contributed by atoms with van der Waals surface area (Å²) in [5, 5.41) is 12.1. The zero-order valence-corrected chi connectivity index (χ0v) is 18.2. The van der Waals surface area contributed by atoms with E-state index in [1.165, 1.54) is 0 Å². The Labute approximate surface area is 187 Å². The van der Waals surface area contributed by atoms with E-state index in [4.69, 9.17) is 9.47 Å². The van der Waals surface area contributed by atoms with Gasteiger partial charge in [0, 0.05) is 6.42 Å². The third-order valence-corrected chi connectivity index (χ3v) is 5.13. The minimum atomic E-state index is -1.12. The van der Waals surface area contributed by atoms with E-state index < -0.39 is 18.1 Å². The molecule has 0 aromatic heterocycles. The lowest BCUT2D eigenvalue weighted by Crippen LogP contribution is -2.42. The van der Waals surface area contributed by atoms with Gasteiger partial charge in [0.05, 0.1) is 0 Å². The molecule has 6 nitrogen and oxygen atoms in total. The molecule has 0 saturated carbocycles. The number of ether oxygens (including phenoxy) is 2. The van der Waals surface area contributed by atoms with Crippen LogP contribution < -0.4 is 10.1 Å². The summed E-state index contributed by atoms with van der Waals surface area (Å²) in [6, 6.07) is 21.7. The average Bonchev–Trinajstić information content (AvgIpc) is 2.79. The van der Waals surface area contributed by atoms with Crippen molar-refractivity contribution in [1.29, 1.82) is 0 Å². The molecule has 6 heteroatoms. The zero-order valence-electron chi connectivity index (χ0n) is 18.2. The molecular weight excluding hydrogens is 406 g/mol. The van der Waals surface area contributed by atoms with E-state index in [2.05, 4.69) is 5.32 Å². The number of nitrogens with one attached hydrogen (secondary N) is 1. The van der Waals surface area contributed by atoms with E-state index in [0.29, 0.717) is 6.61 Å². The highest BCUT2D eigenvalue weighted by atomic mass is 16.5. The fourth-order valence-electron chi connectivity index (χ4n) is 3.41. The molecule has 0 saturated heterocycles. The largest absolute Gasteiger partial charge is 0.489 e. The molecule has 0 heterocycles. The van der Waals surface area contributed by atoms with Gasteiger partial charge in [-0.15, -0.1) is 0 Å². The number of carbonyl (C=O) groups is 2. The van der Waals surface area contributed by atoms with Gasteiger partial charge in [-0.1, -0.05) is 60.7 Å². The Morgan fingerprint density at radius 3 is 1.94 bits per heavy atom. The number of carboxylic acid groups (broad SMARTS) is 1. The third kappa shape index (κ3) is 6.60. The molecule has 166 valence electrons. The van der Waals surface area contributed by atoms with E-state index in [1.54, 1.807) is 0 Å². The number of aryl methyl sites for hydroxylation is 2. The van der Waals surface area contributed by atoms with Crippen LogP contribution in [0.3, 0.4) is 0 Å². The average molecular weight is 434 g/mol. The number of carboxylic acids is 1. The summed E-state index contributed by atoms with van der Waals surface area (Å²) in [6.45, 7) is 4.34. The highest BCUT2D eigenvalue weighted by Crippen LogP contribution is 2.24. The molecule has 1 atom stereocenters. The Balaban J connectivity index is 1.62. The summed E-state index contributed by atoms with van der Waals surface area (Å²) < 4.78 is 11.1. The monoisotopic (exact) mass is 433 g/mol. The minimum Gasteiger partial charge on any atom is -0.489 e. The van der Waals surface area contributed by atoms with Crippen LogP contribution >= 0.6 is 0 Å². The molecule has 0 spiro atoms. The second-order valence-electron chi connectivity index (χ2n) is 7.61. The number of hydrogen-bond donors (Lipinski definition) is 2. The first-order valence-corrected chi connectivity index (χ1v) is 10.4. The van der Waals surface area contributed by atoms with Crippen molar-refractivity contribution in [3.63, 3.8) is 0 Å². The Hall–Kier alpha value is -3.80. The number of aliphatic carboxylic acids is 1. The van der Waals surface area contributed by atoms with Gasteiger partial charge < -0.3 is 19.9 Å². The lowest BCUT2D eigenvalue weighted by molar-refractivity contribution is -0.139. The quantitative estimate of drug-likeness (QED) is 0.506. The van der Waals surface area contributed by atoms with Crippen molar-refractivity contribution in [3.8, 4) is 5.75 Å². The number of alkyl carbamates (subject to hydrolysis) is 1. The van der Waals surface area contributed by atoms with Gasteiger partial charge in [0.1, 0.15) is 25.0 Å². The fraction of sp³-hybridized carbons (Fsp3) is 0.231. The van der Waals surface area contributed by atoms with Crippen LogP contribution in [-0.2, 0) is 29.2 Å². The van der Waals surface area contributed by atoms with Crippen LogP contribution in [0, 0.1) is 13.8 Å². The molecule has 0 radical (unpaired) electrons. The lowest BCUT2D eigenvalue weighted by Gasteiger charge is -2.18. The maximum atomic E-state index is 12.1. The molecule has 0 fully saturated rings. The van der Waals surface area contributed by atoms with Gasteiger partial charge in [0.15, 0.2) is 0 Å². The van der Waals surface area contributed by atoms with Crippen molar-refractivity contribution < 1.29 is 24.2 Å². The molecule has 0 bridgehead atoms. The van der Waals surface area contributed by atoms with Gasteiger partial charge in [0.25, 0.3) is 0 Å². The molecule has 3 aromatic carbocycles. The van der Waals surface area contributed by atoms with Crippen LogP contribution in [0.15, 0.2) is 72.8 Å². The number of rotatable bonds is 9. The van der Waals surface area contributed by atoms with Crippen molar-refractivity contribution in [1.82, 2.24) is 5.32 Å². The van der Waals surface area contributed by atoms with E-state index in [1.807, 2.05) is 86.6 Å². The van der Waals surface area contributed by atoms with E-state index in [-0.39, 0.29) is 13.0 Å². The van der Waals surface area contributed by atoms with E-state index in [9.17, 15) is 14.7 Å². The summed E-state index contributed by atoms with van der Waals surface area (Å²) in [7, 11) is 0. The Kier molecular flexibility index (Phi) is 7.86. The second kappa shape index (κ2) is 11.0. The van der Waals surface area contributed by atoms with Gasteiger partial charge in [-0.25, -0.2) is 9.59 Å². The van der Waals surface area contributed by atoms with Crippen molar-refractivity contribution in [3.05, 3.63) is 101 Å². The van der Waals surface area contributed by atoms with Gasteiger partial charge in [-0.2, -0.15) is 0 Å². The smallest absolute Gasteiger partial charge is 0.408 e. The predicted octanol–water partition coefficient (Wildman–Crippen LogP) is 4.80. The normalized spacial score (nSPS) is 11.4. The maximum absolute atomic E-state index is 12.1. The first-order valence-electron chi connectivity index (χ1n) is 10.4. The van der Waals surface area contributed by atoms with Crippen LogP contribution in [-0.4, -0.2) is 23.2 Å². The van der Waals surface area contributed by atoms with Crippen molar-refractivity contribution in [2.75, 3.05) is 0 Å². The topological polar surface area (TPSA) is 84.9 Å². The highest BCUT2D eigenvalue weighted by molar-refractivity contribution is 5.80. The second-order valence-corrected chi connectivity index (χ2v) is 7.61. The molecule has 1 amide bonds. The minimum absolute atomic E-state index is 0.0739. The molecule has 0 aliphatic rings. The van der Waals surface area contributed by atoms with Gasteiger partial charge in [-0.05, 0) is 53.8 Å². The van der Waals surface area contributed by atoms with Crippen LogP contribution in [0.4, 0.5) is 4.79 Å². The number of benzene rings is 3. The Morgan fingerprint density at radius 2 is 1.41 bits per heavy atom. The molecule has 2 N–H and O–H groups in total. The summed E-state index contributed by atoms with van der Waals surface area (Å²) >= 11 is 0. The highest BCUT2D eigenvalue weighted by Gasteiger charge is 2.23. The lowest BCUT2D eigenvalue weighted by atomic mass is 9.96. The van der Waals surface area contributed by atoms with Crippen molar-refractivity contribution in [2.24, 2.45) is 0 Å². The maximum Gasteiger partial charge on any atom is 0.408 e. The molecular formula is C26H27NO5. The number of carbonyl (C=O) groups excluding carboxylic acids is 1. The van der Waals surface area contributed by atoms with Crippen LogP contribution in [0.1, 0.15) is 27.8 Å². The van der Waals surface area contributed by atoms with Crippen LogP contribution in [0.25, 0.3) is 0 Å². The number of amides is 1. The van der Waals surface area contributed by atoms with Crippen LogP contribution in [0.2, 0.25) is 0 Å². The summed E-state index contributed by atoms with van der Waals surface area (Å²) in [5.41, 5.74) is 4.55. The molecule has 0 unspecified atom stereocenters. The van der Waals surface area contributed by atoms with E-state index in [0.717, 1.165) is 33.6 Å². The molecule has 3 rings (SSSR count). The summed E-state index contributed by atoms with van der Waals surface area (Å²) in [6.07, 6.45) is -0.619. The zero-order chi connectivity index (χ0) is 22.9. The van der Waals surface area contributed by atoms with Crippen molar-refractivity contribution in [2.45, 2.75) is 39.5 Å². The number of hydrogen-bond acceptors (Lipinski definition) is 4. The van der Waals surface area contributed by atoms with Crippen LogP contribution in [0.5, 0.6) is 5.75 Å². The molecule has 0 aliphatic heterocycles. The fourth-order valence-corrected chi connectivity index (χ4v) is 3.41. The third-order valence-electron chi connectivity index (χ3n) is 5.13. The SMILES string of the molecule is Cc1cc(OCc2ccccc2)cc(C)c1C[C@H](NC(=O)OCc1ccccc1)C(=O)O. The van der Waals surface area contributed by atoms with Gasteiger partial charge >= 0.3 is 12.1 Å². The molecule has 0 aliphatic carbocycles. The predicted molar refractivity (Wildman–Crippen MR) is 122 cm³/mol. The summed E-state index contributed by atoms with van der Waals surface area (Å²) in [5.74, 6) is -0.403. The van der Waals surface area contributed by atoms with E-state index >= 15 is 0 Å². The van der Waals surface area contributed by atoms with Crippen molar-refractivity contribution >= 4 is 12.1 Å². The Morgan fingerprint density at radius 1 is 0.875 bits per heavy atom. The molecule has 3 aromatic rings. The van der Waals surface area contributed by atoms with Gasteiger partial charge in [-0.3, -0.25) is 0 Å². The Bertz CT molecular complexity index is 1030. The standard InChI is InChI=1S/C26H27NO5/c1-18-13-22(31-16-20-9-5-3-6-10-20)14-19(2)23(18)15-24(25(28)29)27-26(30)32-17-21-11-7-4-8-12-21/h3-14,24H,15-17H2,1-2H3,(H,27,30)(H,28,29)/t24-/m0/s1. The first-order chi connectivity index (χ1) is 15.4. The molecule has 32 heavy (non-hydrogen) atoms.